The van der Waals surface area contributed by atoms with Gasteiger partial charge in [-0.1, -0.05) is 61.5 Å². The molecule has 1 heterocycles. The van der Waals surface area contributed by atoms with Crippen LogP contribution in [-0.4, -0.2) is 33.4 Å². The zero-order chi connectivity index (χ0) is 28.1. The lowest BCUT2D eigenvalue weighted by atomic mass is 10.1. The molecule has 1 aliphatic carbocycles. The molecule has 204 valence electrons. The van der Waals surface area contributed by atoms with E-state index in [0.29, 0.717) is 17.6 Å². The fourth-order valence-corrected chi connectivity index (χ4v) is 5.05. The average molecular weight is 532 g/mol. The van der Waals surface area contributed by atoms with Crippen molar-refractivity contribution in [3.8, 4) is 11.3 Å². The molecule has 0 atom stereocenters. The maximum Gasteiger partial charge on any atom is 0.255 e. The highest BCUT2D eigenvalue weighted by Gasteiger charge is 2.13. The lowest BCUT2D eigenvalue weighted by Gasteiger charge is -2.25. The van der Waals surface area contributed by atoms with E-state index in [4.69, 9.17) is 9.97 Å². The van der Waals surface area contributed by atoms with Gasteiger partial charge in [-0.2, -0.15) is 0 Å². The van der Waals surface area contributed by atoms with E-state index in [1.165, 1.54) is 5.56 Å². The molecule has 6 heteroatoms. The van der Waals surface area contributed by atoms with E-state index in [9.17, 15) is 4.79 Å². The molecule has 2 N–H and O–H groups in total. The molecule has 0 saturated heterocycles. The highest BCUT2D eigenvalue weighted by atomic mass is 16.1. The van der Waals surface area contributed by atoms with Gasteiger partial charge in [-0.25, -0.2) is 9.97 Å². The lowest BCUT2D eigenvalue weighted by Crippen LogP contribution is -2.33. The number of carbonyl (C=O) groups excluding carboxylic acids is 1. The number of aryl methyl sites for hydroxylation is 1. The van der Waals surface area contributed by atoms with Crippen LogP contribution in [0.4, 0.5) is 17.3 Å². The Morgan fingerprint density at radius 1 is 0.950 bits per heavy atom. The van der Waals surface area contributed by atoms with Gasteiger partial charge in [0.1, 0.15) is 0 Å². The van der Waals surface area contributed by atoms with Crippen LogP contribution >= 0.6 is 0 Å². The molecule has 1 aliphatic rings. The third-order valence-corrected chi connectivity index (χ3v) is 7.34. The van der Waals surface area contributed by atoms with Crippen LogP contribution in [-0.2, 0) is 6.54 Å². The quantitative estimate of drug-likeness (QED) is 0.276. The normalized spacial score (nSPS) is 12.4. The van der Waals surface area contributed by atoms with Gasteiger partial charge < -0.3 is 10.6 Å². The van der Waals surface area contributed by atoms with Crippen molar-refractivity contribution in [3.63, 3.8) is 0 Å². The Bertz CT molecular complexity index is 1610. The Morgan fingerprint density at radius 2 is 1.70 bits per heavy atom. The molecule has 1 amide bonds. The first kappa shape index (κ1) is 27.3. The molecule has 0 spiro atoms. The number of rotatable bonds is 9. The first-order chi connectivity index (χ1) is 19.4. The maximum atomic E-state index is 13.0. The summed E-state index contributed by atoms with van der Waals surface area (Å²) in [4.78, 5) is 25.1. The average Bonchev–Trinajstić information content (AvgIpc) is 2.97. The molecule has 4 aromatic rings. The summed E-state index contributed by atoms with van der Waals surface area (Å²) in [6.07, 6.45) is 6.35. The maximum absolute atomic E-state index is 13.0. The minimum atomic E-state index is -0.138. The summed E-state index contributed by atoms with van der Waals surface area (Å²) in [7, 11) is 0. The van der Waals surface area contributed by atoms with E-state index in [2.05, 4.69) is 72.7 Å². The topological polar surface area (TPSA) is 70.2 Å². The fourth-order valence-electron chi connectivity index (χ4n) is 5.05. The van der Waals surface area contributed by atoms with E-state index < -0.39 is 0 Å². The van der Waals surface area contributed by atoms with E-state index in [1.807, 2.05) is 55.5 Å². The van der Waals surface area contributed by atoms with Crippen molar-refractivity contribution in [2.24, 2.45) is 0 Å². The molecule has 0 fully saturated rings. The van der Waals surface area contributed by atoms with Crippen LogP contribution < -0.4 is 21.2 Å². The summed E-state index contributed by atoms with van der Waals surface area (Å²) in [5, 5.41) is 8.43. The first-order valence-electron chi connectivity index (χ1n) is 14.1. The fraction of sp³-hybridized carbons (Fsp3) is 0.265. The third-order valence-electron chi connectivity index (χ3n) is 7.34. The van der Waals surface area contributed by atoms with Crippen LogP contribution in [0.25, 0.3) is 23.4 Å². The van der Waals surface area contributed by atoms with Gasteiger partial charge in [0.15, 0.2) is 0 Å². The number of nitrogens with zero attached hydrogens (tertiary/aromatic N) is 3. The summed E-state index contributed by atoms with van der Waals surface area (Å²) in [5.74, 6) is 0.400. The van der Waals surface area contributed by atoms with E-state index in [1.54, 1.807) is 0 Å². The van der Waals surface area contributed by atoms with Crippen LogP contribution in [0.3, 0.4) is 0 Å². The van der Waals surface area contributed by atoms with Gasteiger partial charge in [-0.3, -0.25) is 9.69 Å². The summed E-state index contributed by atoms with van der Waals surface area (Å²) >= 11 is 0. The highest BCUT2D eigenvalue weighted by molar-refractivity contribution is 6.04. The number of carbonyl (C=O) groups is 1. The monoisotopic (exact) mass is 531 g/mol. The predicted molar refractivity (Wildman–Crippen MR) is 165 cm³/mol. The molecule has 3 aromatic carbocycles. The Labute approximate surface area is 236 Å². The third kappa shape index (κ3) is 6.29. The second-order valence-electron chi connectivity index (χ2n) is 10.5. The van der Waals surface area contributed by atoms with Crippen molar-refractivity contribution in [2.45, 2.75) is 53.1 Å². The van der Waals surface area contributed by atoms with Crippen LogP contribution in [0.15, 0.2) is 72.8 Å². The minimum Gasteiger partial charge on any atom is -0.324 e. The molecule has 5 rings (SSSR count). The van der Waals surface area contributed by atoms with Gasteiger partial charge in [0.05, 0.1) is 11.0 Å². The van der Waals surface area contributed by atoms with Gasteiger partial charge in [0.2, 0.25) is 5.95 Å². The van der Waals surface area contributed by atoms with Gasteiger partial charge >= 0.3 is 0 Å². The molecule has 0 unspecified atom stereocenters. The summed E-state index contributed by atoms with van der Waals surface area (Å²) in [5.41, 5.74) is 6.52. The van der Waals surface area contributed by atoms with E-state index >= 15 is 0 Å². The van der Waals surface area contributed by atoms with Gasteiger partial charge in [0, 0.05) is 40.3 Å². The number of aromatic nitrogens is 2. The molecule has 40 heavy (non-hydrogen) atoms. The van der Waals surface area contributed by atoms with Crippen LogP contribution in [0.1, 0.15) is 55.1 Å². The number of amides is 1. The van der Waals surface area contributed by atoms with Crippen molar-refractivity contribution >= 4 is 35.4 Å². The highest BCUT2D eigenvalue weighted by Crippen LogP contribution is 2.21. The van der Waals surface area contributed by atoms with E-state index in [0.717, 1.165) is 64.7 Å². The van der Waals surface area contributed by atoms with Gasteiger partial charge in [-0.15, -0.1) is 0 Å². The molecular formula is C34H37N5O. The molecule has 0 aliphatic heterocycles. The summed E-state index contributed by atoms with van der Waals surface area (Å²) < 4.78 is 0. The zero-order valence-electron chi connectivity index (χ0n) is 23.7. The Kier molecular flexibility index (Phi) is 8.37. The summed E-state index contributed by atoms with van der Waals surface area (Å²) in [6.45, 7) is 10.5. The van der Waals surface area contributed by atoms with Crippen LogP contribution in [0.2, 0.25) is 0 Å². The Balaban J connectivity index is 1.30. The number of nitrogens with one attached hydrogen (secondary N) is 2. The SMILES string of the molecule is CCN(Cc1ccc(NC(=O)c2ccc(Nc3nc(-c4ccccc4)c4c(n3)=CCCC=4)cc2)c(C)c1)C(C)C. The van der Waals surface area contributed by atoms with Crippen molar-refractivity contribution in [2.75, 3.05) is 17.2 Å². The number of hydrogen-bond donors (Lipinski definition) is 2. The van der Waals surface area contributed by atoms with Gasteiger partial charge in [0.25, 0.3) is 5.91 Å². The number of anilines is 3. The second-order valence-corrected chi connectivity index (χ2v) is 10.5. The first-order valence-corrected chi connectivity index (χ1v) is 14.1. The predicted octanol–water partition coefficient (Wildman–Crippen LogP) is 6.03. The van der Waals surface area contributed by atoms with Gasteiger partial charge in [-0.05, 0) is 81.6 Å². The Morgan fingerprint density at radius 3 is 2.40 bits per heavy atom. The molecule has 0 bridgehead atoms. The molecular weight excluding hydrogens is 494 g/mol. The molecule has 0 saturated carbocycles. The van der Waals surface area contributed by atoms with Crippen LogP contribution in [0.5, 0.6) is 0 Å². The van der Waals surface area contributed by atoms with Crippen molar-refractivity contribution in [3.05, 3.63) is 100 Å². The largest absolute Gasteiger partial charge is 0.324 e. The minimum absolute atomic E-state index is 0.138. The smallest absolute Gasteiger partial charge is 0.255 e. The zero-order valence-corrected chi connectivity index (χ0v) is 23.7. The number of hydrogen-bond acceptors (Lipinski definition) is 5. The molecule has 0 radical (unpaired) electrons. The number of benzene rings is 3. The van der Waals surface area contributed by atoms with Crippen molar-refractivity contribution < 1.29 is 4.79 Å². The van der Waals surface area contributed by atoms with Crippen molar-refractivity contribution in [1.82, 2.24) is 14.9 Å². The number of fused-ring (bicyclic) bond motifs is 1. The van der Waals surface area contributed by atoms with Crippen LogP contribution in [0, 0.1) is 6.92 Å². The standard InChI is InChI=1S/C34H37N5O/c1-5-39(23(2)3)22-25-15-20-30(24(4)21-25)36-33(40)27-16-18-28(19-17-27)35-34-37-31-14-10-9-13-29(31)32(38-34)26-11-7-6-8-12-26/h6-8,11-21,23H,5,9-10,22H2,1-4H3,(H,35,37)(H,36,40). The lowest BCUT2D eigenvalue weighted by molar-refractivity contribution is 0.102. The summed E-state index contributed by atoms with van der Waals surface area (Å²) in [6, 6.07) is 24.4. The second kappa shape index (κ2) is 12.3. The Hall–Kier alpha value is -4.29. The molecule has 6 nitrogen and oxygen atoms in total. The molecule has 1 aromatic heterocycles. The van der Waals surface area contributed by atoms with E-state index in [-0.39, 0.29) is 5.91 Å². The van der Waals surface area contributed by atoms with Crippen molar-refractivity contribution in [1.29, 1.82) is 0 Å².